The third-order valence-electron chi connectivity index (χ3n) is 3.71. The van der Waals surface area contributed by atoms with E-state index in [1.807, 2.05) is 49.7 Å². The Labute approximate surface area is 146 Å². The maximum atomic E-state index is 11.9. The van der Waals surface area contributed by atoms with Gasteiger partial charge in [0.25, 0.3) is 5.91 Å². The van der Waals surface area contributed by atoms with Crippen LogP contribution in [0.5, 0.6) is 0 Å². The van der Waals surface area contributed by atoms with Crippen LogP contribution in [0.1, 0.15) is 35.2 Å². The molecule has 0 fully saturated rings. The van der Waals surface area contributed by atoms with Crippen molar-refractivity contribution in [1.82, 2.24) is 5.32 Å². The van der Waals surface area contributed by atoms with Gasteiger partial charge in [0.2, 0.25) is 0 Å². The summed E-state index contributed by atoms with van der Waals surface area (Å²) in [6, 6.07) is 7.82. The molecule has 0 aliphatic carbocycles. The third-order valence-corrected chi connectivity index (χ3v) is 4.41. The van der Waals surface area contributed by atoms with Crippen molar-refractivity contribution >= 4 is 29.3 Å². The number of hydrogen-bond acceptors (Lipinski definition) is 4. The van der Waals surface area contributed by atoms with E-state index < -0.39 is 5.97 Å². The summed E-state index contributed by atoms with van der Waals surface area (Å²) in [5.41, 5.74) is 4.35. The molecule has 1 aromatic heterocycles. The molecular weight excluding hydrogens is 322 g/mol. The largest absolute Gasteiger partial charge is 0.452 e. The van der Waals surface area contributed by atoms with Crippen molar-refractivity contribution in [2.24, 2.45) is 0 Å². The van der Waals surface area contributed by atoms with Crippen molar-refractivity contribution in [2.45, 2.75) is 26.8 Å². The third kappa shape index (κ3) is 5.35. The predicted octanol–water partition coefficient (Wildman–Crippen LogP) is 3.80. The first-order valence-electron chi connectivity index (χ1n) is 7.69. The van der Waals surface area contributed by atoms with Gasteiger partial charge in [-0.2, -0.15) is 11.3 Å². The lowest BCUT2D eigenvalue weighted by Crippen LogP contribution is -2.31. The Bertz CT molecular complexity index is 735. The molecule has 0 aliphatic heterocycles. The molecule has 1 amide bonds. The molecular formula is C19H21NO3S. The molecule has 0 spiro atoms. The lowest BCUT2D eigenvalue weighted by Gasteiger charge is -2.15. The SMILES string of the molecule is Cc1ccc([C@H](C)NC(=O)COC(=O)/C=C/c2ccsc2)cc1C. The van der Waals surface area contributed by atoms with Crippen LogP contribution in [0, 0.1) is 13.8 Å². The number of aryl methyl sites for hydroxylation is 2. The number of benzene rings is 1. The minimum Gasteiger partial charge on any atom is -0.452 e. The van der Waals surface area contributed by atoms with Crippen molar-refractivity contribution in [2.75, 3.05) is 6.61 Å². The minimum atomic E-state index is -0.532. The highest BCUT2D eigenvalue weighted by Crippen LogP contribution is 2.16. The van der Waals surface area contributed by atoms with Crippen LogP contribution in [0.2, 0.25) is 0 Å². The number of ether oxygens (including phenoxy) is 1. The van der Waals surface area contributed by atoms with E-state index in [-0.39, 0.29) is 18.6 Å². The maximum Gasteiger partial charge on any atom is 0.331 e. The quantitative estimate of drug-likeness (QED) is 0.641. The summed E-state index contributed by atoms with van der Waals surface area (Å²) >= 11 is 1.55. The number of hydrogen-bond donors (Lipinski definition) is 1. The van der Waals surface area contributed by atoms with Gasteiger partial charge in [-0.15, -0.1) is 0 Å². The first-order valence-corrected chi connectivity index (χ1v) is 8.63. The molecule has 5 heteroatoms. The summed E-state index contributed by atoms with van der Waals surface area (Å²) in [6.07, 6.45) is 2.98. The van der Waals surface area contributed by atoms with E-state index in [9.17, 15) is 9.59 Å². The zero-order valence-electron chi connectivity index (χ0n) is 14.0. The Hall–Kier alpha value is -2.40. The maximum absolute atomic E-state index is 11.9. The molecule has 24 heavy (non-hydrogen) atoms. The van der Waals surface area contributed by atoms with Gasteiger partial charge in [0.05, 0.1) is 6.04 Å². The van der Waals surface area contributed by atoms with Crippen LogP contribution in [-0.4, -0.2) is 18.5 Å². The number of rotatable bonds is 6. The molecule has 1 atom stereocenters. The van der Waals surface area contributed by atoms with E-state index in [2.05, 4.69) is 11.4 Å². The molecule has 0 saturated heterocycles. The summed E-state index contributed by atoms with van der Waals surface area (Å²) < 4.78 is 4.95. The first-order chi connectivity index (χ1) is 11.5. The molecule has 126 valence electrons. The van der Waals surface area contributed by atoms with Gasteiger partial charge < -0.3 is 10.1 Å². The van der Waals surface area contributed by atoms with Crippen LogP contribution in [0.15, 0.2) is 41.1 Å². The highest BCUT2D eigenvalue weighted by molar-refractivity contribution is 7.08. The number of thiophene rings is 1. The molecule has 4 nitrogen and oxygen atoms in total. The Morgan fingerprint density at radius 1 is 1.25 bits per heavy atom. The van der Waals surface area contributed by atoms with Crippen LogP contribution in [0.3, 0.4) is 0 Å². The van der Waals surface area contributed by atoms with Crippen LogP contribution in [-0.2, 0) is 14.3 Å². The topological polar surface area (TPSA) is 55.4 Å². The number of nitrogens with one attached hydrogen (secondary N) is 1. The van der Waals surface area contributed by atoms with Crippen LogP contribution < -0.4 is 5.32 Å². The van der Waals surface area contributed by atoms with Crippen LogP contribution in [0.4, 0.5) is 0 Å². The fourth-order valence-electron chi connectivity index (χ4n) is 2.12. The van der Waals surface area contributed by atoms with Crippen LogP contribution >= 0.6 is 11.3 Å². The number of amides is 1. The van der Waals surface area contributed by atoms with E-state index in [0.29, 0.717) is 0 Å². The lowest BCUT2D eigenvalue weighted by atomic mass is 10.0. The van der Waals surface area contributed by atoms with Gasteiger partial charge in [0, 0.05) is 6.08 Å². The zero-order chi connectivity index (χ0) is 17.5. The van der Waals surface area contributed by atoms with E-state index in [1.165, 1.54) is 17.2 Å². The van der Waals surface area contributed by atoms with Gasteiger partial charge in [0.15, 0.2) is 6.61 Å². The van der Waals surface area contributed by atoms with Gasteiger partial charge in [-0.25, -0.2) is 4.79 Å². The summed E-state index contributed by atoms with van der Waals surface area (Å²) in [7, 11) is 0. The number of esters is 1. The summed E-state index contributed by atoms with van der Waals surface area (Å²) in [6.45, 7) is 5.70. The average molecular weight is 343 g/mol. The molecule has 0 radical (unpaired) electrons. The molecule has 0 saturated carbocycles. The van der Waals surface area contributed by atoms with Gasteiger partial charge in [-0.3, -0.25) is 4.79 Å². The molecule has 1 N–H and O–H groups in total. The highest BCUT2D eigenvalue weighted by Gasteiger charge is 2.11. The molecule has 2 aromatic rings. The van der Waals surface area contributed by atoms with Gasteiger partial charge >= 0.3 is 5.97 Å². The molecule has 0 aliphatic rings. The van der Waals surface area contributed by atoms with Crippen molar-refractivity contribution in [3.63, 3.8) is 0 Å². The van der Waals surface area contributed by atoms with Gasteiger partial charge in [-0.05, 0) is 65.9 Å². The second-order valence-corrected chi connectivity index (χ2v) is 6.41. The Kier molecular flexibility index (Phi) is 6.32. The Balaban J connectivity index is 1.80. The summed E-state index contributed by atoms with van der Waals surface area (Å²) in [4.78, 5) is 23.5. The van der Waals surface area contributed by atoms with E-state index >= 15 is 0 Å². The smallest absolute Gasteiger partial charge is 0.331 e. The normalized spacial score (nSPS) is 12.1. The van der Waals surface area contributed by atoms with E-state index in [4.69, 9.17) is 4.74 Å². The van der Waals surface area contributed by atoms with Crippen molar-refractivity contribution < 1.29 is 14.3 Å². The fourth-order valence-corrected chi connectivity index (χ4v) is 2.75. The van der Waals surface area contributed by atoms with Crippen LogP contribution in [0.25, 0.3) is 6.08 Å². The summed E-state index contributed by atoms with van der Waals surface area (Å²) in [5, 5.41) is 6.67. The lowest BCUT2D eigenvalue weighted by molar-refractivity contribution is -0.144. The first kappa shape index (κ1) is 17.9. The van der Waals surface area contributed by atoms with Crippen molar-refractivity contribution in [3.05, 3.63) is 63.4 Å². The molecule has 2 rings (SSSR count). The number of carbonyl (C=O) groups is 2. The molecule has 0 bridgehead atoms. The highest BCUT2D eigenvalue weighted by atomic mass is 32.1. The molecule has 1 aromatic carbocycles. The van der Waals surface area contributed by atoms with Gasteiger partial charge in [-0.1, -0.05) is 18.2 Å². The fraction of sp³-hybridized carbons (Fsp3) is 0.263. The standard InChI is InChI=1S/C19H21NO3S/c1-13-4-6-17(10-14(13)2)15(3)20-18(21)11-23-19(22)7-5-16-8-9-24-12-16/h4-10,12,15H,11H2,1-3H3,(H,20,21)/b7-5+/t15-/m0/s1. The summed E-state index contributed by atoms with van der Waals surface area (Å²) in [5.74, 6) is -0.854. The van der Waals surface area contributed by atoms with Gasteiger partial charge in [0.1, 0.15) is 0 Å². The predicted molar refractivity (Wildman–Crippen MR) is 96.8 cm³/mol. The van der Waals surface area contributed by atoms with E-state index in [0.717, 1.165) is 11.1 Å². The van der Waals surface area contributed by atoms with Crippen molar-refractivity contribution in [3.8, 4) is 0 Å². The monoisotopic (exact) mass is 343 g/mol. The zero-order valence-corrected chi connectivity index (χ0v) is 14.9. The second kappa shape index (κ2) is 8.45. The van der Waals surface area contributed by atoms with E-state index in [1.54, 1.807) is 17.4 Å². The molecule has 1 heterocycles. The second-order valence-electron chi connectivity index (χ2n) is 5.63. The number of carbonyl (C=O) groups excluding carboxylic acids is 2. The van der Waals surface area contributed by atoms with Crippen molar-refractivity contribution in [1.29, 1.82) is 0 Å². The molecule has 0 unspecified atom stereocenters. The minimum absolute atomic E-state index is 0.142. The Morgan fingerprint density at radius 3 is 2.71 bits per heavy atom. The average Bonchev–Trinajstić information content (AvgIpc) is 3.07. The Morgan fingerprint density at radius 2 is 2.04 bits per heavy atom.